The molecule has 2 aliphatic rings. The van der Waals surface area contributed by atoms with Crippen LogP contribution in [0.4, 0.5) is 5.69 Å². The number of rotatable bonds is 2. The number of hydrogen-bond donors (Lipinski definition) is 1. The molecule has 1 saturated heterocycles. The van der Waals surface area contributed by atoms with Crippen LogP contribution >= 0.6 is 0 Å². The maximum absolute atomic E-state index is 12.3. The molecule has 4 heteroatoms. The van der Waals surface area contributed by atoms with Crippen molar-refractivity contribution in [1.29, 1.82) is 0 Å². The Bertz CT molecular complexity index is 566. The quantitative estimate of drug-likeness (QED) is 0.890. The summed E-state index contributed by atoms with van der Waals surface area (Å²) in [5.41, 5.74) is 3.57. The van der Waals surface area contributed by atoms with E-state index in [-0.39, 0.29) is 24.3 Å². The van der Waals surface area contributed by atoms with Crippen molar-refractivity contribution in [2.45, 2.75) is 39.2 Å². The van der Waals surface area contributed by atoms with Crippen molar-refractivity contribution in [2.24, 2.45) is 5.92 Å². The van der Waals surface area contributed by atoms with Crippen LogP contribution in [-0.2, 0) is 22.4 Å². The molecule has 0 saturated carbocycles. The van der Waals surface area contributed by atoms with Gasteiger partial charge in [-0.1, -0.05) is 19.9 Å². The highest BCUT2D eigenvalue weighted by Gasteiger charge is 2.37. The van der Waals surface area contributed by atoms with E-state index in [4.69, 9.17) is 0 Å². The minimum Gasteiger partial charge on any atom is -0.345 e. The summed E-state index contributed by atoms with van der Waals surface area (Å²) in [6.45, 7) is 4.05. The molecule has 2 amide bonds. The number of anilines is 1. The summed E-state index contributed by atoms with van der Waals surface area (Å²) in [6.07, 6.45) is 3.38. The van der Waals surface area contributed by atoms with Gasteiger partial charge < -0.3 is 5.32 Å². The van der Waals surface area contributed by atoms with Gasteiger partial charge in [0.2, 0.25) is 11.8 Å². The van der Waals surface area contributed by atoms with E-state index in [2.05, 4.69) is 17.4 Å². The van der Waals surface area contributed by atoms with Crippen molar-refractivity contribution in [1.82, 2.24) is 5.32 Å². The summed E-state index contributed by atoms with van der Waals surface area (Å²) in [5.74, 6) is 0.00819. The van der Waals surface area contributed by atoms with E-state index in [1.807, 2.05) is 19.9 Å². The number of amides is 2. The number of hydrogen-bond acceptors (Lipinski definition) is 2. The average Bonchev–Trinajstić information content (AvgIpc) is 2.87. The highest BCUT2D eigenvalue weighted by molar-refractivity contribution is 6.06. The Morgan fingerprint density at radius 2 is 1.95 bits per heavy atom. The SMILES string of the molecule is CC(C)C1C(=O)NCC(=O)N1c1ccc2c(c1)CCC2. The first-order chi connectivity index (χ1) is 9.58. The number of nitrogens with zero attached hydrogens (tertiary/aromatic N) is 1. The third-order valence-corrected chi connectivity index (χ3v) is 4.22. The molecule has 0 spiro atoms. The number of nitrogens with one attached hydrogen (secondary N) is 1. The monoisotopic (exact) mass is 272 g/mol. The van der Waals surface area contributed by atoms with Crippen LogP contribution in [0.5, 0.6) is 0 Å². The van der Waals surface area contributed by atoms with Crippen LogP contribution < -0.4 is 10.2 Å². The molecule has 1 fully saturated rings. The maximum Gasteiger partial charge on any atom is 0.247 e. The first-order valence-corrected chi connectivity index (χ1v) is 7.29. The lowest BCUT2D eigenvalue weighted by Crippen LogP contribution is -2.60. The zero-order chi connectivity index (χ0) is 14.3. The van der Waals surface area contributed by atoms with Crippen molar-refractivity contribution in [2.75, 3.05) is 11.4 Å². The second-order valence-corrected chi connectivity index (χ2v) is 5.98. The molecule has 1 N–H and O–H groups in total. The zero-order valence-electron chi connectivity index (χ0n) is 12.0. The molecule has 3 rings (SSSR count). The summed E-state index contributed by atoms with van der Waals surface area (Å²) >= 11 is 0. The summed E-state index contributed by atoms with van der Waals surface area (Å²) < 4.78 is 0. The molecule has 1 heterocycles. The summed E-state index contributed by atoms with van der Waals surface area (Å²) in [7, 11) is 0. The molecule has 0 bridgehead atoms. The lowest BCUT2D eigenvalue weighted by Gasteiger charge is -2.37. The van der Waals surface area contributed by atoms with Gasteiger partial charge in [-0.3, -0.25) is 14.5 Å². The van der Waals surface area contributed by atoms with Crippen molar-refractivity contribution in [3.05, 3.63) is 29.3 Å². The number of benzene rings is 1. The Kier molecular flexibility index (Phi) is 3.24. The predicted molar refractivity (Wildman–Crippen MR) is 77.6 cm³/mol. The lowest BCUT2D eigenvalue weighted by molar-refractivity contribution is -0.131. The standard InChI is InChI=1S/C16H20N2O2/c1-10(2)15-16(20)17-9-14(19)18(15)13-7-6-11-4-3-5-12(11)8-13/h6-8,10,15H,3-5,9H2,1-2H3,(H,17,20). The van der Waals surface area contributed by atoms with Crippen LogP contribution in [0, 0.1) is 5.92 Å². The van der Waals surface area contributed by atoms with E-state index in [0.29, 0.717) is 0 Å². The molecule has 20 heavy (non-hydrogen) atoms. The van der Waals surface area contributed by atoms with E-state index in [1.165, 1.54) is 17.5 Å². The lowest BCUT2D eigenvalue weighted by atomic mass is 9.98. The minimum absolute atomic E-state index is 0.0266. The van der Waals surface area contributed by atoms with E-state index in [1.54, 1.807) is 4.90 Å². The Morgan fingerprint density at radius 1 is 1.20 bits per heavy atom. The van der Waals surface area contributed by atoms with Gasteiger partial charge in [0, 0.05) is 5.69 Å². The molecule has 1 aromatic rings. The molecule has 1 aromatic carbocycles. The minimum atomic E-state index is -0.407. The van der Waals surface area contributed by atoms with Crippen LogP contribution in [0.15, 0.2) is 18.2 Å². The van der Waals surface area contributed by atoms with E-state index in [0.717, 1.165) is 18.5 Å². The van der Waals surface area contributed by atoms with Crippen LogP contribution in [0.2, 0.25) is 0 Å². The van der Waals surface area contributed by atoms with Crippen LogP contribution in [-0.4, -0.2) is 24.4 Å². The predicted octanol–water partition coefficient (Wildman–Crippen LogP) is 1.66. The summed E-state index contributed by atoms with van der Waals surface area (Å²) in [6, 6.07) is 5.77. The second kappa shape index (κ2) is 4.93. The fourth-order valence-electron chi connectivity index (χ4n) is 3.24. The van der Waals surface area contributed by atoms with Gasteiger partial charge in [0.05, 0.1) is 6.54 Å². The molecule has 1 aliphatic carbocycles. The van der Waals surface area contributed by atoms with Gasteiger partial charge in [0.25, 0.3) is 0 Å². The van der Waals surface area contributed by atoms with Gasteiger partial charge in [-0.25, -0.2) is 0 Å². The molecule has 1 unspecified atom stereocenters. The van der Waals surface area contributed by atoms with Gasteiger partial charge in [-0.15, -0.1) is 0 Å². The molecule has 0 radical (unpaired) electrons. The summed E-state index contributed by atoms with van der Waals surface area (Å²) in [4.78, 5) is 26.0. The van der Waals surface area contributed by atoms with E-state index < -0.39 is 6.04 Å². The van der Waals surface area contributed by atoms with E-state index >= 15 is 0 Å². The molecular weight excluding hydrogens is 252 g/mol. The third kappa shape index (κ3) is 2.09. The highest BCUT2D eigenvalue weighted by Crippen LogP contribution is 2.30. The Balaban J connectivity index is 2.00. The van der Waals surface area contributed by atoms with Crippen LogP contribution in [0.1, 0.15) is 31.4 Å². The topological polar surface area (TPSA) is 49.4 Å². The number of carbonyl (C=O) groups is 2. The molecule has 1 atom stereocenters. The zero-order valence-corrected chi connectivity index (χ0v) is 12.0. The van der Waals surface area contributed by atoms with Crippen LogP contribution in [0.25, 0.3) is 0 Å². The largest absolute Gasteiger partial charge is 0.345 e. The fourth-order valence-corrected chi connectivity index (χ4v) is 3.24. The smallest absolute Gasteiger partial charge is 0.247 e. The normalized spacial score (nSPS) is 22.1. The van der Waals surface area contributed by atoms with Gasteiger partial charge in [-0.2, -0.15) is 0 Å². The number of fused-ring (bicyclic) bond motifs is 1. The summed E-state index contributed by atoms with van der Waals surface area (Å²) in [5, 5.41) is 2.69. The molecule has 4 nitrogen and oxygen atoms in total. The number of piperazine rings is 1. The fraction of sp³-hybridized carbons (Fsp3) is 0.500. The van der Waals surface area contributed by atoms with Gasteiger partial charge in [0.15, 0.2) is 0 Å². The number of carbonyl (C=O) groups excluding carboxylic acids is 2. The Morgan fingerprint density at radius 3 is 2.70 bits per heavy atom. The molecule has 106 valence electrons. The van der Waals surface area contributed by atoms with Crippen molar-refractivity contribution in [3.8, 4) is 0 Å². The van der Waals surface area contributed by atoms with Crippen LogP contribution in [0.3, 0.4) is 0 Å². The average molecular weight is 272 g/mol. The second-order valence-electron chi connectivity index (χ2n) is 5.98. The number of aryl methyl sites for hydroxylation is 2. The maximum atomic E-state index is 12.3. The Hall–Kier alpha value is -1.84. The van der Waals surface area contributed by atoms with Gasteiger partial charge >= 0.3 is 0 Å². The van der Waals surface area contributed by atoms with Gasteiger partial charge in [-0.05, 0) is 48.4 Å². The Labute approximate surface area is 119 Å². The highest BCUT2D eigenvalue weighted by atomic mass is 16.2. The first kappa shape index (κ1) is 13.2. The van der Waals surface area contributed by atoms with Crippen molar-refractivity contribution >= 4 is 17.5 Å². The third-order valence-electron chi connectivity index (χ3n) is 4.22. The first-order valence-electron chi connectivity index (χ1n) is 7.29. The molecule has 1 aliphatic heterocycles. The van der Waals surface area contributed by atoms with Crippen molar-refractivity contribution < 1.29 is 9.59 Å². The molecule has 0 aromatic heterocycles. The van der Waals surface area contributed by atoms with Crippen molar-refractivity contribution in [3.63, 3.8) is 0 Å². The van der Waals surface area contributed by atoms with E-state index in [9.17, 15) is 9.59 Å². The molecular formula is C16H20N2O2. The van der Waals surface area contributed by atoms with Gasteiger partial charge in [0.1, 0.15) is 6.04 Å².